The number of halogens is 2. The molecule has 0 radical (unpaired) electrons. The Morgan fingerprint density at radius 2 is 1.83 bits per heavy atom. The lowest BCUT2D eigenvalue weighted by molar-refractivity contribution is 0.102. The van der Waals surface area contributed by atoms with E-state index in [4.69, 9.17) is 23.2 Å². The van der Waals surface area contributed by atoms with Crippen LogP contribution >= 0.6 is 34.5 Å². The number of nitrogens with zero attached hydrogens (tertiary/aromatic N) is 2. The van der Waals surface area contributed by atoms with Crippen molar-refractivity contribution < 1.29 is 13.2 Å². The van der Waals surface area contributed by atoms with Gasteiger partial charge in [0.05, 0.1) is 10.6 Å². The van der Waals surface area contributed by atoms with Gasteiger partial charge in [0.2, 0.25) is 9.47 Å². The van der Waals surface area contributed by atoms with Gasteiger partial charge in [-0.25, -0.2) is 13.1 Å². The summed E-state index contributed by atoms with van der Waals surface area (Å²) in [5.74, 6) is -0.539. The lowest BCUT2D eigenvalue weighted by Gasteiger charge is -2.05. The molecule has 1 amide bonds. The highest BCUT2D eigenvalue weighted by Crippen LogP contribution is 2.24. The lowest BCUT2D eigenvalue weighted by atomic mass is 10.1. The fraction of sp³-hybridized carbons (Fsp3) is 0.211. The molecule has 2 aromatic carbocycles. The Morgan fingerprint density at radius 3 is 2.53 bits per heavy atom. The largest absolute Gasteiger partial charge is 0.296 e. The second kappa shape index (κ2) is 9.84. The van der Waals surface area contributed by atoms with Gasteiger partial charge in [-0.2, -0.15) is 0 Å². The van der Waals surface area contributed by atoms with Crippen LogP contribution < -0.4 is 10.0 Å². The Hall–Kier alpha value is -2.04. The molecule has 0 unspecified atom stereocenters. The fourth-order valence-corrected chi connectivity index (χ4v) is 5.03. The molecule has 7 nitrogen and oxygen atoms in total. The van der Waals surface area contributed by atoms with Gasteiger partial charge in [-0.1, -0.05) is 64.4 Å². The number of sulfonamides is 1. The monoisotopic (exact) mass is 484 g/mol. The van der Waals surface area contributed by atoms with Crippen LogP contribution in [0.3, 0.4) is 0 Å². The number of benzene rings is 2. The number of carbonyl (C=O) groups excluding carboxylic acids is 1. The van der Waals surface area contributed by atoms with Gasteiger partial charge in [0.1, 0.15) is 0 Å². The molecule has 0 spiro atoms. The molecule has 2 N–H and O–H groups in total. The second-order valence-electron chi connectivity index (χ2n) is 6.44. The lowest BCUT2D eigenvalue weighted by Crippen LogP contribution is -2.25. The molecule has 30 heavy (non-hydrogen) atoms. The molecule has 0 bridgehead atoms. The SMILES string of the molecule is Cc1ccc(CCCNS(=O)(=O)c2nnc(NC(=O)c3ccc(Cl)cc3Cl)s2)cc1. The number of anilines is 1. The van der Waals surface area contributed by atoms with E-state index in [-0.39, 0.29) is 26.6 Å². The smallest absolute Gasteiger partial charge is 0.269 e. The Labute approximate surface area is 188 Å². The van der Waals surface area contributed by atoms with Gasteiger partial charge in [-0.15, -0.1) is 10.2 Å². The third-order valence-electron chi connectivity index (χ3n) is 4.09. The second-order valence-corrected chi connectivity index (χ2v) is 10.2. The van der Waals surface area contributed by atoms with Crippen LogP contribution in [0, 0.1) is 6.92 Å². The summed E-state index contributed by atoms with van der Waals surface area (Å²) in [6, 6.07) is 12.5. The van der Waals surface area contributed by atoms with Crippen molar-refractivity contribution >= 4 is 55.6 Å². The summed E-state index contributed by atoms with van der Waals surface area (Å²) in [5.41, 5.74) is 2.51. The Balaban J connectivity index is 1.55. The van der Waals surface area contributed by atoms with E-state index in [9.17, 15) is 13.2 Å². The summed E-state index contributed by atoms with van der Waals surface area (Å²) in [4.78, 5) is 12.3. The first-order valence-electron chi connectivity index (χ1n) is 8.90. The summed E-state index contributed by atoms with van der Waals surface area (Å²) in [6.07, 6.45) is 1.39. The maximum absolute atomic E-state index is 12.4. The summed E-state index contributed by atoms with van der Waals surface area (Å²) < 4.78 is 27.1. The number of nitrogens with one attached hydrogen (secondary N) is 2. The summed E-state index contributed by atoms with van der Waals surface area (Å²) in [7, 11) is -3.81. The molecular weight excluding hydrogens is 467 g/mol. The highest BCUT2D eigenvalue weighted by atomic mass is 35.5. The molecule has 0 aliphatic rings. The van der Waals surface area contributed by atoms with Crippen LogP contribution in [0.25, 0.3) is 0 Å². The van der Waals surface area contributed by atoms with E-state index in [1.807, 2.05) is 31.2 Å². The van der Waals surface area contributed by atoms with Gasteiger partial charge < -0.3 is 0 Å². The number of hydrogen-bond donors (Lipinski definition) is 2. The summed E-state index contributed by atoms with van der Waals surface area (Å²) in [5, 5.41) is 10.5. The van der Waals surface area contributed by atoms with E-state index in [2.05, 4.69) is 20.2 Å². The molecule has 1 aromatic heterocycles. The van der Waals surface area contributed by atoms with Crippen LogP contribution in [-0.2, 0) is 16.4 Å². The molecule has 1 heterocycles. The van der Waals surface area contributed by atoms with Gasteiger partial charge in [0, 0.05) is 11.6 Å². The zero-order valence-electron chi connectivity index (χ0n) is 15.9. The van der Waals surface area contributed by atoms with Crippen LogP contribution in [-0.4, -0.2) is 31.1 Å². The Kier molecular flexibility index (Phi) is 7.43. The topological polar surface area (TPSA) is 101 Å². The normalized spacial score (nSPS) is 11.4. The molecule has 0 fully saturated rings. The van der Waals surface area contributed by atoms with Crippen molar-refractivity contribution in [3.05, 3.63) is 69.2 Å². The van der Waals surface area contributed by atoms with Gasteiger partial charge in [0.15, 0.2) is 0 Å². The number of aromatic nitrogens is 2. The van der Waals surface area contributed by atoms with Crippen LogP contribution in [0.4, 0.5) is 5.13 Å². The Bertz CT molecular complexity index is 1150. The van der Waals surface area contributed by atoms with Crippen LogP contribution in [0.1, 0.15) is 27.9 Å². The van der Waals surface area contributed by atoms with Crippen molar-refractivity contribution in [3.8, 4) is 0 Å². The van der Waals surface area contributed by atoms with Crippen molar-refractivity contribution in [2.75, 3.05) is 11.9 Å². The van der Waals surface area contributed by atoms with Crippen molar-refractivity contribution in [1.29, 1.82) is 0 Å². The maximum Gasteiger partial charge on any atom is 0.269 e. The maximum atomic E-state index is 12.4. The van der Waals surface area contributed by atoms with Crippen molar-refractivity contribution in [3.63, 3.8) is 0 Å². The highest BCUT2D eigenvalue weighted by molar-refractivity contribution is 7.91. The molecule has 3 rings (SSSR count). The number of carbonyl (C=O) groups is 1. The quantitative estimate of drug-likeness (QED) is 0.366. The highest BCUT2D eigenvalue weighted by Gasteiger charge is 2.21. The molecule has 3 aromatic rings. The third-order valence-corrected chi connectivity index (χ3v) is 7.30. The molecule has 0 aliphatic heterocycles. The van der Waals surface area contributed by atoms with Crippen LogP contribution in [0.15, 0.2) is 46.8 Å². The van der Waals surface area contributed by atoms with E-state index < -0.39 is 15.9 Å². The van der Waals surface area contributed by atoms with Gasteiger partial charge in [-0.05, 0) is 43.5 Å². The average Bonchev–Trinajstić information content (AvgIpc) is 3.16. The predicted molar refractivity (Wildman–Crippen MR) is 119 cm³/mol. The van der Waals surface area contributed by atoms with E-state index in [0.29, 0.717) is 11.4 Å². The minimum Gasteiger partial charge on any atom is -0.296 e. The van der Waals surface area contributed by atoms with Crippen molar-refractivity contribution in [2.45, 2.75) is 24.1 Å². The van der Waals surface area contributed by atoms with Gasteiger partial charge in [0.25, 0.3) is 15.9 Å². The van der Waals surface area contributed by atoms with Crippen molar-refractivity contribution in [2.24, 2.45) is 0 Å². The summed E-state index contributed by atoms with van der Waals surface area (Å²) >= 11 is 12.6. The molecule has 158 valence electrons. The molecular formula is C19H18Cl2N4O3S2. The Morgan fingerprint density at radius 1 is 1.10 bits per heavy atom. The van der Waals surface area contributed by atoms with E-state index in [1.165, 1.54) is 23.8 Å². The standard InChI is InChI=1S/C19H18Cl2N4O3S2/c1-12-4-6-13(7-5-12)3-2-10-22-30(27,28)19-25-24-18(29-19)23-17(26)15-9-8-14(20)11-16(15)21/h4-9,11,22H,2-3,10H2,1H3,(H,23,24,26). The van der Waals surface area contributed by atoms with Crippen LogP contribution in [0.2, 0.25) is 10.0 Å². The minimum absolute atomic E-state index is 0.0473. The van der Waals surface area contributed by atoms with E-state index >= 15 is 0 Å². The third kappa shape index (κ3) is 5.99. The average molecular weight is 485 g/mol. The molecule has 0 atom stereocenters. The number of aryl methyl sites for hydroxylation is 2. The first kappa shape index (κ1) is 22.6. The van der Waals surface area contributed by atoms with Crippen molar-refractivity contribution in [1.82, 2.24) is 14.9 Å². The first-order valence-corrected chi connectivity index (χ1v) is 12.0. The molecule has 0 saturated heterocycles. The zero-order chi connectivity index (χ0) is 21.7. The summed E-state index contributed by atoms with van der Waals surface area (Å²) in [6.45, 7) is 2.28. The number of rotatable bonds is 8. The molecule has 0 saturated carbocycles. The molecule has 11 heteroatoms. The first-order chi connectivity index (χ1) is 14.2. The molecule has 0 aliphatic carbocycles. The van der Waals surface area contributed by atoms with Gasteiger partial charge in [-0.3, -0.25) is 10.1 Å². The fourth-order valence-electron chi connectivity index (χ4n) is 2.52. The van der Waals surface area contributed by atoms with Crippen LogP contribution in [0.5, 0.6) is 0 Å². The predicted octanol–water partition coefficient (Wildman–Crippen LogP) is 4.32. The van der Waals surface area contributed by atoms with Gasteiger partial charge >= 0.3 is 0 Å². The van der Waals surface area contributed by atoms with E-state index in [0.717, 1.165) is 23.3 Å². The number of amides is 1. The minimum atomic E-state index is -3.81. The zero-order valence-corrected chi connectivity index (χ0v) is 19.0. The number of hydrogen-bond acceptors (Lipinski definition) is 6. The van der Waals surface area contributed by atoms with E-state index in [1.54, 1.807) is 0 Å².